The van der Waals surface area contributed by atoms with Gasteiger partial charge in [0.1, 0.15) is 5.69 Å². The zero-order valence-corrected chi connectivity index (χ0v) is 34.7. The molecule has 5 aromatic rings. The standard InChI is InChI=1S/C41H38F3N5O5S2.C2HF3O2/c42-41(43,44)32-14-10-28(11-15-32)36-9-5-4-6-31(36)26-47-21-22-48-33(27-47)16-12-29-24-30(13-19-38(29)48)40(50)46-56(53,54)35-17-18-37(39(25-35)49(51)52)45-20-23-55-34-7-2-1-3-8-34;3-2(4,5)1(6)7/h1-11,13-15,17-19,24-25,33,45H,12,16,20-23,26-27H2,(H,46,50);(H,6,7)/t33-;/m0./s1. The first-order chi connectivity index (χ1) is 29.8. The Hall–Kier alpha value is -6.12. The minimum absolute atomic E-state index is 0.160. The number of nitro groups is 1. The number of alkyl halides is 6. The summed E-state index contributed by atoms with van der Waals surface area (Å²) in [5, 5.41) is 22.0. The Bertz CT molecular complexity index is 2560. The van der Waals surface area contributed by atoms with E-state index in [0.29, 0.717) is 25.3 Å². The maximum atomic E-state index is 13.3. The van der Waals surface area contributed by atoms with E-state index in [1.165, 1.54) is 24.3 Å². The van der Waals surface area contributed by atoms with Crippen LogP contribution in [0, 0.1) is 10.1 Å². The first kappa shape index (κ1) is 46.4. The summed E-state index contributed by atoms with van der Waals surface area (Å²) in [5.74, 6) is -2.97. The second-order valence-electron chi connectivity index (χ2n) is 14.5. The van der Waals surface area contributed by atoms with Crippen LogP contribution in [0.25, 0.3) is 11.1 Å². The normalized spacial score (nSPS) is 15.3. The van der Waals surface area contributed by atoms with Crippen LogP contribution in [0.5, 0.6) is 0 Å². The lowest BCUT2D eigenvalue weighted by Crippen LogP contribution is -2.54. The van der Waals surface area contributed by atoms with E-state index in [-0.39, 0.29) is 17.3 Å². The number of halogens is 6. The molecule has 2 aliphatic heterocycles. The Balaban J connectivity index is 0.000000871. The number of carboxylic acids is 1. The van der Waals surface area contributed by atoms with Gasteiger partial charge in [0, 0.05) is 66.7 Å². The lowest BCUT2D eigenvalue weighted by atomic mass is 9.92. The number of carboxylic acid groups (broad SMARTS) is 1. The number of hydrogen-bond acceptors (Lipinski definition) is 10. The summed E-state index contributed by atoms with van der Waals surface area (Å²) in [6.45, 7) is 3.27. The predicted molar refractivity (Wildman–Crippen MR) is 225 cm³/mol. The van der Waals surface area contributed by atoms with Crippen molar-refractivity contribution >= 4 is 50.7 Å². The highest BCUT2D eigenvalue weighted by atomic mass is 32.2. The molecule has 1 amide bonds. The van der Waals surface area contributed by atoms with Crippen LogP contribution < -0.4 is 14.9 Å². The summed E-state index contributed by atoms with van der Waals surface area (Å²) in [6.07, 6.45) is -8.00. The molecule has 0 aromatic heterocycles. The molecule has 0 unspecified atom stereocenters. The van der Waals surface area contributed by atoms with Crippen molar-refractivity contribution in [1.82, 2.24) is 9.62 Å². The third-order valence-corrected chi connectivity index (χ3v) is 12.6. The Labute approximate surface area is 362 Å². The van der Waals surface area contributed by atoms with Gasteiger partial charge in [-0.1, -0.05) is 54.6 Å². The van der Waals surface area contributed by atoms with Gasteiger partial charge in [0.25, 0.3) is 21.6 Å². The molecular weight excluding hydrogens is 877 g/mol. The number of carbonyl (C=O) groups excluding carboxylic acids is 1. The number of benzene rings is 5. The van der Waals surface area contributed by atoms with Crippen molar-refractivity contribution < 1.29 is 54.4 Å². The van der Waals surface area contributed by atoms with Crippen molar-refractivity contribution in [2.75, 3.05) is 42.1 Å². The number of rotatable bonds is 12. The zero-order chi connectivity index (χ0) is 45.5. The van der Waals surface area contributed by atoms with Gasteiger partial charge in [0.2, 0.25) is 0 Å². The quantitative estimate of drug-likeness (QED) is 0.0361. The number of aryl methyl sites for hydroxylation is 1. The molecule has 1 fully saturated rings. The summed E-state index contributed by atoms with van der Waals surface area (Å²) in [7, 11) is -4.44. The van der Waals surface area contributed by atoms with Crippen molar-refractivity contribution in [3.8, 4) is 11.1 Å². The second kappa shape index (κ2) is 19.5. The van der Waals surface area contributed by atoms with Gasteiger partial charge >= 0.3 is 18.3 Å². The maximum Gasteiger partial charge on any atom is 0.490 e. The third-order valence-electron chi connectivity index (χ3n) is 10.3. The van der Waals surface area contributed by atoms with Crippen molar-refractivity contribution in [2.24, 2.45) is 0 Å². The minimum Gasteiger partial charge on any atom is -0.475 e. The number of anilines is 2. The summed E-state index contributed by atoms with van der Waals surface area (Å²) in [6, 6.07) is 31.5. The van der Waals surface area contributed by atoms with Gasteiger partial charge in [0.15, 0.2) is 0 Å². The molecule has 0 spiro atoms. The average Bonchev–Trinajstić information content (AvgIpc) is 3.25. The first-order valence-electron chi connectivity index (χ1n) is 19.2. The van der Waals surface area contributed by atoms with E-state index >= 15 is 0 Å². The van der Waals surface area contributed by atoms with Gasteiger partial charge in [-0.2, -0.15) is 26.3 Å². The van der Waals surface area contributed by atoms with Gasteiger partial charge in [-0.15, -0.1) is 11.8 Å². The van der Waals surface area contributed by atoms with E-state index in [0.717, 1.165) is 77.1 Å². The monoisotopic (exact) mass is 915 g/mol. The largest absolute Gasteiger partial charge is 0.490 e. The summed E-state index contributed by atoms with van der Waals surface area (Å²) >= 11 is 1.58. The molecule has 7 rings (SSSR count). The SMILES string of the molecule is O=C(NS(=O)(=O)c1ccc(NCCSc2ccccc2)c([N+](=O)[O-])c1)c1ccc2c(c1)CC[C@H]1CN(Cc3ccccc3-c3ccc(C(F)(F)F)cc3)CCN21.O=C(O)C(F)(F)F. The first-order valence-corrected chi connectivity index (χ1v) is 21.7. The fraction of sp³-hybridized carbons (Fsp3) is 0.256. The van der Waals surface area contributed by atoms with E-state index in [4.69, 9.17) is 9.90 Å². The molecule has 63 heavy (non-hydrogen) atoms. The Morgan fingerprint density at radius 3 is 2.22 bits per heavy atom. The molecular formula is C43H39F6N5O7S2. The highest BCUT2D eigenvalue weighted by Crippen LogP contribution is 2.36. The third kappa shape index (κ3) is 11.9. The number of nitrogens with zero attached hydrogens (tertiary/aromatic N) is 3. The molecule has 2 heterocycles. The molecule has 20 heteroatoms. The van der Waals surface area contributed by atoms with E-state index < -0.39 is 55.3 Å². The highest BCUT2D eigenvalue weighted by Gasteiger charge is 2.38. The van der Waals surface area contributed by atoms with Crippen LogP contribution in [-0.2, 0) is 34.0 Å². The molecule has 1 saturated heterocycles. The van der Waals surface area contributed by atoms with Gasteiger partial charge in [-0.25, -0.2) is 17.9 Å². The van der Waals surface area contributed by atoms with Crippen LogP contribution in [0.3, 0.4) is 0 Å². The smallest absolute Gasteiger partial charge is 0.475 e. The fourth-order valence-corrected chi connectivity index (χ4v) is 9.05. The molecule has 0 aliphatic carbocycles. The topological polar surface area (TPSA) is 162 Å². The Morgan fingerprint density at radius 1 is 0.873 bits per heavy atom. The van der Waals surface area contributed by atoms with E-state index in [1.54, 1.807) is 23.9 Å². The number of amides is 1. The zero-order valence-electron chi connectivity index (χ0n) is 33.0. The second-order valence-corrected chi connectivity index (χ2v) is 17.3. The van der Waals surface area contributed by atoms with Gasteiger partial charge in [-0.05, 0) is 89.7 Å². The summed E-state index contributed by atoms with van der Waals surface area (Å²) in [5.41, 5.74) is 3.77. The van der Waals surface area contributed by atoms with Crippen molar-refractivity contribution in [2.45, 2.75) is 47.6 Å². The maximum absolute atomic E-state index is 13.3. The molecule has 332 valence electrons. The lowest BCUT2D eigenvalue weighted by Gasteiger charge is -2.46. The average molecular weight is 916 g/mol. The molecule has 12 nitrogen and oxygen atoms in total. The number of hydrogen-bond donors (Lipinski definition) is 3. The van der Waals surface area contributed by atoms with Crippen molar-refractivity contribution in [1.29, 1.82) is 0 Å². The lowest BCUT2D eigenvalue weighted by molar-refractivity contribution is -0.384. The van der Waals surface area contributed by atoms with E-state index in [2.05, 4.69) is 19.8 Å². The molecule has 3 N–H and O–H groups in total. The van der Waals surface area contributed by atoms with Gasteiger partial charge in [0.05, 0.1) is 15.4 Å². The van der Waals surface area contributed by atoms with Crippen molar-refractivity contribution in [3.05, 3.63) is 148 Å². The predicted octanol–water partition coefficient (Wildman–Crippen LogP) is 8.87. The number of aliphatic carboxylic acids is 1. The highest BCUT2D eigenvalue weighted by molar-refractivity contribution is 7.99. The van der Waals surface area contributed by atoms with E-state index in [9.17, 15) is 49.7 Å². The van der Waals surface area contributed by atoms with Crippen LogP contribution in [0.1, 0.15) is 33.5 Å². The molecule has 0 radical (unpaired) electrons. The number of sulfonamides is 1. The van der Waals surface area contributed by atoms with Gasteiger partial charge in [-0.3, -0.25) is 19.8 Å². The van der Waals surface area contributed by atoms with Crippen LogP contribution >= 0.6 is 11.8 Å². The number of piperazine rings is 1. The Morgan fingerprint density at radius 2 is 1.56 bits per heavy atom. The molecule has 5 aromatic carbocycles. The molecule has 2 aliphatic rings. The molecule has 1 atom stereocenters. The number of nitrogens with one attached hydrogen (secondary N) is 2. The number of nitro benzene ring substituents is 1. The fourth-order valence-electron chi connectivity index (χ4n) is 7.27. The van der Waals surface area contributed by atoms with Crippen LogP contribution in [0.15, 0.2) is 125 Å². The van der Waals surface area contributed by atoms with Crippen LogP contribution in [0.4, 0.5) is 43.4 Å². The van der Waals surface area contributed by atoms with Gasteiger partial charge < -0.3 is 15.3 Å². The van der Waals surface area contributed by atoms with Crippen LogP contribution in [0.2, 0.25) is 0 Å². The molecule has 0 bridgehead atoms. The number of carbonyl (C=O) groups is 2. The minimum atomic E-state index is -5.08. The number of fused-ring (bicyclic) bond motifs is 3. The van der Waals surface area contributed by atoms with Crippen LogP contribution in [-0.4, -0.2) is 79.4 Å². The molecule has 0 saturated carbocycles. The summed E-state index contributed by atoms with van der Waals surface area (Å²) in [4.78, 5) is 38.7. The Kier molecular flexibility index (Phi) is 14.4. The van der Waals surface area contributed by atoms with Crippen molar-refractivity contribution in [3.63, 3.8) is 0 Å². The summed E-state index contributed by atoms with van der Waals surface area (Å²) < 4.78 is 99.8. The number of thioether (sulfide) groups is 1. The van der Waals surface area contributed by atoms with E-state index in [1.807, 2.05) is 60.7 Å².